The van der Waals surface area contributed by atoms with Gasteiger partial charge in [0.05, 0.1) is 17.9 Å². The molecule has 1 aromatic carbocycles. The van der Waals surface area contributed by atoms with Crippen LogP contribution in [-0.4, -0.2) is 26.4 Å². The minimum absolute atomic E-state index is 0.329. The minimum Gasteiger partial charge on any atom is -0.361 e. The highest BCUT2D eigenvalue weighted by Gasteiger charge is 2.17. The Labute approximate surface area is 127 Å². The van der Waals surface area contributed by atoms with Gasteiger partial charge in [-0.25, -0.2) is 4.68 Å². The summed E-state index contributed by atoms with van der Waals surface area (Å²) in [5.74, 6) is 0.746. The van der Waals surface area contributed by atoms with Gasteiger partial charge >= 0.3 is 0 Å². The van der Waals surface area contributed by atoms with Crippen LogP contribution in [0.4, 0.5) is 0 Å². The van der Waals surface area contributed by atoms with Crippen molar-refractivity contribution in [2.45, 2.75) is 27.3 Å². The molecule has 2 heterocycles. The molecule has 6 nitrogen and oxygen atoms in total. The van der Waals surface area contributed by atoms with Gasteiger partial charge in [0.1, 0.15) is 5.76 Å². The molecule has 0 atom stereocenters. The summed E-state index contributed by atoms with van der Waals surface area (Å²) < 4.78 is 6.89. The molecule has 0 N–H and O–H groups in total. The van der Waals surface area contributed by atoms with E-state index < -0.39 is 0 Å². The van der Waals surface area contributed by atoms with Gasteiger partial charge in [-0.1, -0.05) is 40.2 Å². The van der Waals surface area contributed by atoms with Crippen LogP contribution in [0.25, 0.3) is 11.3 Å². The first kappa shape index (κ1) is 14.2. The molecule has 0 aliphatic heterocycles. The number of rotatable bonds is 4. The van der Waals surface area contributed by atoms with Gasteiger partial charge in [0.2, 0.25) is 0 Å². The van der Waals surface area contributed by atoms with Crippen LogP contribution in [0.5, 0.6) is 0 Å². The summed E-state index contributed by atoms with van der Waals surface area (Å²) in [7, 11) is 0. The quantitative estimate of drug-likeness (QED) is 0.692. The zero-order valence-electron chi connectivity index (χ0n) is 12.7. The molecule has 0 bridgehead atoms. The average molecular weight is 296 g/mol. The number of carbonyl (C=O) groups excluding carboxylic acids is 1. The Hall–Kier alpha value is -2.76. The van der Waals surface area contributed by atoms with Crippen molar-refractivity contribution in [2.75, 3.05) is 0 Å². The number of aromatic nitrogens is 4. The van der Waals surface area contributed by atoms with E-state index in [1.165, 1.54) is 0 Å². The SMILES string of the molecule is Cc1ccc(-c2c(C=O)nnn2Cc2c(C)noc2C)cc1. The third-order valence-corrected chi connectivity index (χ3v) is 3.69. The monoisotopic (exact) mass is 296 g/mol. The maximum Gasteiger partial charge on any atom is 0.172 e. The first-order valence-corrected chi connectivity index (χ1v) is 6.97. The second kappa shape index (κ2) is 5.55. The number of nitrogens with zero attached hydrogens (tertiary/aromatic N) is 4. The van der Waals surface area contributed by atoms with E-state index >= 15 is 0 Å². The van der Waals surface area contributed by atoms with Crippen LogP contribution in [0.1, 0.15) is 33.1 Å². The highest BCUT2D eigenvalue weighted by Crippen LogP contribution is 2.24. The average Bonchev–Trinajstić information content (AvgIpc) is 3.06. The summed E-state index contributed by atoms with van der Waals surface area (Å²) >= 11 is 0. The lowest BCUT2D eigenvalue weighted by Gasteiger charge is -2.07. The summed E-state index contributed by atoms with van der Waals surface area (Å²) in [6, 6.07) is 7.92. The van der Waals surface area contributed by atoms with Gasteiger partial charge in [0, 0.05) is 11.1 Å². The number of hydrogen-bond acceptors (Lipinski definition) is 5. The zero-order chi connectivity index (χ0) is 15.7. The van der Waals surface area contributed by atoms with E-state index in [4.69, 9.17) is 4.52 Å². The molecule has 0 amide bonds. The van der Waals surface area contributed by atoms with E-state index in [-0.39, 0.29) is 0 Å². The molecule has 6 heteroatoms. The smallest absolute Gasteiger partial charge is 0.172 e. The van der Waals surface area contributed by atoms with Crippen molar-refractivity contribution in [3.8, 4) is 11.3 Å². The molecule has 22 heavy (non-hydrogen) atoms. The fourth-order valence-electron chi connectivity index (χ4n) is 2.40. The number of carbonyl (C=O) groups is 1. The van der Waals surface area contributed by atoms with Crippen molar-refractivity contribution < 1.29 is 9.32 Å². The molecule has 0 saturated heterocycles. The molecule has 0 fully saturated rings. The molecule has 0 radical (unpaired) electrons. The Kier molecular flexibility index (Phi) is 3.58. The highest BCUT2D eigenvalue weighted by molar-refractivity contribution is 5.83. The Balaban J connectivity index is 2.08. The van der Waals surface area contributed by atoms with E-state index in [0.717, 1.165) is 34.4 Å². The molecular weight excluding hydrogens is 280 g/mol. The predicted octanol–water partition coefficient (Wildman–Crippen LogP) is 2.72. The molecule has 0 aliphatic carbocycles. The van der Waals surface area contributed by atoms with E-state index in [9.17, 15) is 4.79 Å². The first-order valence-electron chi connectivity index (χ1n) is 6.97. The molecule has 3 rings (SSSR count). The van der Waals surface area contributed by atoms with E-state index in [1.54, 1.807) is 4.68 Å². The molecule has 0 unspecified atom stereocenters. The van der Waals surface area contributed by atoms with Gasteiger partial charge in [-0.05, 0) is 20.8 Å². The van der Waals surface area contributed by atoms with Crippen molar-refractivity contribution in [1.29, 1.82) is 0 Å². The van der Waals surface area contributed by atoms with Crippen LogP contribution in [-0.2, 0) is 6.54 Å². The lowest BCUT2D eigenvalue weighted by molar-refractivity contribution is 0.111. The fraction of sp³-hybridized carbons (Fsp3) is 0.250. The van der Waals surface area contributed by atoms with Gasteiger partial charge in [-0.3, -0.25) is 4.79 Å². The largest absolute Gasteiger partial charge is 0.361 e. The highest BCUT2D eigenvalue weighted by atomic mass is 16.5. The van der Waals surface area contributed by atoms with Crippen LogP contribution in [0.3, 0.4) is 0 Å². The summed E-state index contributed by atoms with van der Waals surface area (Å²) in [5.41, 5.74) is 4.86. The van der Waals surface area contributed by atoms with Gasteiger partial charge in [0.25, 0.3) is 0 Å². The lowest BCUT2D eigenvalue weighted by Crippen LogP contribution is -2.06. The molecule has 0 saturated carbocycles. The van der Waals surface area contributed by atoms with E-state index in [2.05, 4.69) is 15.5 Å². The van der Waals surface area contributed by atoms with Gasteiger partial charge < -0.3 is 4.52 Å². The molecular formula is C16H16N4O2. The van der Waals surface area contributed by atoms with Crippen LogP contribution in [0.15, 0.2) is 28.8 Å². The topological polar surface area (TPSA) is 73.8 Å². The van der Waals surface area contributed by atoms with Crippen molar-refractivity contribution in [1.82, 2.24) is 20.2 Å². The second-order valence-electron chi connectivity index (χ2n) is 5.27. The maximum atomic E-state index is 11.3. The third kappa shape index (κ3) is 2.43. The summed E-state index contributed by atoms with van der Waals surface area (Å²) in [6.07, 6.45) is 0.728. The van der Waals surface area contributed by atoms with Gasteiger partial charge in [-0.2, -0.15) is 0 Å². The van der Waals surface area contributed by atoms with Crippen LogP contribution < -0.4 is 0 Å². The van der Waals surface area contributed by atoms with Crippen molar-refractivity contribution in [3.05, 3.63) is 52.5 Å². The third-order valence-electron chi connectivity index (χ3n) is 3.69. The summed E-state index contributed by atoms with van der Waals surface area (Å²) in [6.45, 7) is 6.22. The van der Waals surface area contributed by atoms with Gasteiger partial charge in [-0.15, -0.1) is 5.10 Å². The Morgan fingerprint density at radius 3 is 2.50 bits per heavy atom. The molecule has 2 aromatic heterocycles. The second-order valence-corrected chi connectivity index (χ2v) is 5.27. The van der Waals surface area contributed by atoms with Gasteiger partial charge in [0.15, 0.2) is 12.0 Å². The van der Waals surface area contributed by atoms with Crippen molar-refractivity contribution in [3.63, 3.8) is 0 Å². The van der Waals surface area contributed by atoms with Crippen molar-refractivity contribution in [2.24, 2.45) is 0 Å². The number of aldehydes is 1. The normalized spacial score (nSPS) is 10.9. The van der Waals surface area contributed by atoms with E-state index in [1.807, 2.05) is 45.0 Å². The zero-order valence-corrected chi connectivity index (χ0v) is 12.7. The minimum atomic E-state index is 0.329. The van der Waals surface area contributed by atoms with Crippen molar-refractivity contribution >= 4 is 6.29 Å². The predicted molar refractivity (Wildman–Crippen MR) is 80.7 cm³/mol. The number of benzene rings is 1. The lowest BCUT2D eigenvalue weighted by atomic mass is 10.1. The van der Waals surface area contributed by atoms with Crippen LogP contribution in [0, 0.1) is 20.8 Å². The Morgan fingerprint density at radius 1 is 1.18 bits per heavy atom. The fourth-order valence-corrected chi connectivity index (χ4v) is 2.40. The number of aryl methyl sites for hydroxylation is 3. The summed E-state index contributed by atoms with van der Waals surface area (Å²) in [5, 5.41) is 12.0. The molecule has 0 spiro atoms. The van der Waals surface area contributed by atoms with Crippen LogP contribution >= 0.6 is 0 Å². The molecule has 3 aromatic rings. The van der Waals surface area contributed by atoms with E-state index in [0.29, 0.717) is 17.9 Å². The van der Waals surface area contributed by atoms with Crippen LogP contribution in [0.2, 0.25) is 0 Å². The maximum absolute atomic E-state index is 11.3. The summed E-state index contributed by atoms with van der Waals surface area (Å²) in [4.78, 5) is 11.3. The molecule has 0 aliphatic rings. The molecule has 112 valence electrons. The standard InChI is InChI=1S/C16H16N4O2/c1-10-4-6-13(7-5-10)16-15(9-21)17-19-20(16)8-14-11(2)18-22-12(14)3/h4-7,9H,8H2,1-3H3. The Bertz CT molecular complexity index is 796. The first-order chi connectivity index (χ1) is 10.6. The Morgan fingerprint density at radius 2 is 1.91 bits per heavy atom. The number of hydrogen-bond donors (Lipinski definition) is 0.